The van der Waals surface area contributed by atoms with Gasteiger partial charge in [-0.2, -0.15) is 0 Å². The number of aliphatic hydroxyl groups excluding tert-OH is 1. The van der Waals surface area contributed by atoms with Crippen molar-refractivity contribution in [1.29, 1.82) is 0 Å². The molecule has 0 aliphatic heterocycles. The molecule has 98 valence electrons. The van der Waals surface area contributed by atoms with Gasteiger partial charge in [-0.25, -0.2) is 4.39 Å². The third-order valence-corrected chi connectivity index (χ3v) is 3.93. The SMILES string of the molecule is OC(/C1=C/CCCCCC1)c1ccc(Br)cc1F. The van der Waals surface area contributed by atoms with E-state index in [1.165, 1.54) is 25.3 Å². The van der Waals surface area contributed by atoms with E-state index in [4.69, 9.17) is 0 Å². The first-order chi connectivity index (χ1) is 8.68. The second-order valence-corrected chi connectivity index (χ2v) is 5.72. The molecule has 1 aromatic rings. The number of allylic oxidation sites excluding steroid dienone is 1. The number of benzene rings is 1. The molecule has 3 heteroatoms. The third kappa shape index (κ3) is 3.42. The molecule has 0 spiro atoms. The van der Waals surface area contributed by atoms with Crippen LogP contribution in [-0.2, 0) is 0 Å². The monoisotopic (exact) mass is 312 g/mol. The van der Waals surface area contributed by atoms with Crippen molar-refractivity contribution in [2.75, 3.05) is 0 Å². The van der Waals surface area contributed by atoms with Crippen LogP contribution in [0.4, 0.5) is 4.39 Å². The fraction of sp³-hybridized carbons (Fsp3) is 0.467. The highest BCUT2D eigenvalue weighted by Gasteiger charge is 2.17. The van der Waals surface area contributed by atoms with Crippen LogP contribution in [-0.4, -0.2) is 5.11 Å². The molecule has 0 bridgehead atoms. The topological polar surface area (TPSA) is 20.2 Å². The highest BCUT2D eigenvalue weighted by Crippen LogP contribution is 2.31. The van der Waals surface area contributed by atoms with Gasteiger partial charge >= 0.3 is 0 Å². The maximum atomic E-state index is 13.8. The van der Waals surface area contributed by atoms with Crippen LogP contribution in [0.15, 0.2) is 34.3 Å². The van der Waals surface area contributed by atoms with Crippen molar-refractivity contribution < 1.29 is 9.50 Å². The lowest BCUT2D eigenvalue weighted by Gasteiger charge is -2.18. The van der Waals surface area contributed by atoms with Crippen LogP contribution in [0.25, 0.3) is 0 Å². The van der Waals surface area contributed by atoms with Crippen molar-refractivity contribution in [2.45, 2.75) is 44.6 Å². The summed E-state index contributed by atoms with van der Waals surface area (Å²) >= 11 is 3.23. The number of halogens is 2. The molecule has 0 radical (unpaired) electrons. The van der Waals surface area contributed by atoms with Crippen LogP contribution in [0.1, 0.15) is 50.2 Å². The molecule has 1 unspecified atom stereocenters. The predicted octanol–water partition coefficient (Wildman–Crippen LogP) is 4.90. The first kappa shape index (κ1) is 13.8. The van der Waals surface area contributed by atoms with Gasteiger partial charge in [-0.15, -0.1) is 0 Å². The van der Waals surface area contributed by atoms with E-state index in [-0.39, 0.29) is 5.82 Å². The van der Waals surface area contributed by atoms with Crippen molar-refractivity contribution in [3.8, 4) is 0 Å². The van der Waals surface area contributed by atoms with Crippen molar-refractivity contribution in [3.63, 3.8) is 0 Å². The van der Waals surface area contributed by atoms with Crippen molar-refractivity contribution in [2.24, 2.45) is 0 Å². The maximum Gasteiger partial charge on any atom is 0.130 e. The predicted molar refractivity (Wildman–Crippen MR) is 74.8 cm³/mol. The van der Waals surface area contributed by atoms with Crippen LogP contribution >= 0.6 is 15.9 Å². The summed E-state index contributed by atoms with van der Waals surface area (Å²) in [7, 11) is 0. The second-order valence-electron chi connectivity index (χ2n) is 4.80. The Bertz CT molecular complexity index is 442. The first-order valence-electron chi connectivity index (χ1n) is 6.50. The van der Waals surface area contributed by atoms with Crippen LogP contribution in [0.2, 0.25) is 0 Å². The fourth-order valence-electron chi connectivity index (χ4n) is 2.39. The smallest absolute Gasteiger partial charge is 0.130 e. The van der Waals surface area contributed by atoms with Crippen molar-refractivity contribution >= 4 is 15.9 Å². The quantitative estimate of drug-likeness (QED) is 0.770. The van der Waals surface area contributed by atoms with E-state index in [1.54, 1.807) is 12.1 Å². The van der Waals surface area contributed by atoms with Gasteiger partial charge in [-0.05, 0) is 43.4 Å². The van der Waals surface area contributed by atoms with E-state index >= 15 is 0 Å². The van der Waals surface area contributed by atoms with E-state index in [0.717, 1.165) is 24.8 Å². The van der Waals surface area contributed by atoms with Gasteiger partial charge in [-0.1, -0.05) is 40.9 Å². The zero-order chi connectivity index (χ0) is 13.0. The minimum atomic E-state index is -0.795. The van der Waals surface area contributed by atoms with Crippen LogP contribution in [0.3, 0.4) is 0 Å². The lowest BCUT2D eigenvalue weighted by atomic mass is 9.92. The number of hydrogen-bond acceptors (Lipinski definition) is 1. The summed E-state index contributed by atoms with van der Waals surface area (Å²) in [5.41, 5.74) is 1.35. The Hall–Kier alpha value is -0.670. The number of rotatable bonds is 2. The molecule has 1 aromatic carbocycles. The van der Waals surface area contributed by atoms with Gasteiger partial charge in [0.05, 0.1) is 0 Å². The Labute approximate surface area is 116 Å². The summed E-state index contributed by atoms with van der Waals surface area (Å²) in [6.07, 6.45) is 7.86. The molecule has 18 heavy (non-hydrogen) atoms. The lowest BCUT2D eigenvalue weighted by Crippen LogP contribution is -2.06. The molecule has 1 atom stereocenters. The van der Waals surface area contributed by atoms with E-state index < -0.39 is 6.10 Å². The summed E-state index contributed by atoms with van der Waals surface area (Å²) in [5.74, 6) is -0.347. The fourth-order valence-corrected chi connectivity index (χ4v) is 2.72. The first-order valence-corrected chi connectivity index (χ1v) is 7.30. The Morgan fingerprint density at radius 2 is 1.94 bits per heavy atom. The van der Waals surface area contributed by atoms with Crippen LogP contribution in [0.5, 0.6) is 0 Å². The Morgan fingerprint density at radius 1 is 1.17 bits per heavy atom. The van der Waals surface area contributed by atoms with Gasteiger partial charge in [-0.3, -0.25) is 0 Å². The normalized spacial score (nSPS) is 21.6. The maximum absolute atomic E-state index is 13.8. The summed E-state index contributed by atoms with van der Waals surface area (Å²) < 4.78 is 14.5. The Kier molecular flexibility index (Phi) is 4.95. The Balaban J connectivity index is 2.20. The van der Waals surface area contributed by atoms with E-state index in [9.17, 15) is 9.50 Å². The molecule has 0 aromatic heterocycles. The van der Waals surface area contributed by atoms with E-state index in [0.29, 0.717) is 10.0 Å². The molecular formula is C15H18BrFO. The molecule has 1 N–H and O–H groups in total. The molecule has 2 rings (SSSR count). The molecule has 1 aliphatic rings. The van der Waals surface area contributed by atoms with Gasteiger partial charge in [0.25, 0.3) is 0 Å². The second kappa shape index (κ2) is 6.48. The molecule has 1 aliphatic carbocycles. The Morgan fingerprint density at radius 3 is 2.72 bits per heavy atom. The number of aliphatic hydroxyl groups is 1. The summed E-state index contributed by atoms with van der Waals surface area (Å²) in [5, 5.41) is 10.3. The van der Waals surface area contributed by atoms with E-state index in [2.05, 4.69) is 22.0 Å². The average Bonchev–Trinajstić information content (AvgIpc) is 2.27. The number of hydrogen-bond donors (Lipinski definition) is 1. The summed E-state index contributed by atoms with van der Waals surface area (Å²) in [6.45, 7) is 0. The van der Waals surface area contributed by atoms with Gasteiger partial charge in [0.1, 0.15) is 11.9 Å². The third-order valence-electron chi connectivity index (χ3n) is 3.43. The standard InChI is InChI=1S/C15H18BrFO/c16-12-8-9-13(14(17)10-12)15(18)11-6-4-2-1-3-5-7-11/h6,8-10,15,18H,1-5,7H2/b11-6+. The molecule has 0 saturated heterocycles. The average molecular weight is 313 g/mol. The highest BCUT2D eigenvalue weighted by molar-refractivity contribution is 9.10. The van der Waals surface area contributed by atoms with Crippen LogP contribution < -0.4 is 0 Å². The largest absolute Gasteiger partial charge is 0.384 e. The van der Waals surface area contributed by atoms with Gasteiger partial charge < -0.3 is 5.11 Å². The minimum absolute atomic E-state index is 0.347. The highest BCUT2D eigenvalue weighted by atomic mass is 79.9. The zero-order valence-corrected chi connectivity index (χ0v) is 11.9. The molecule has 0 heterocycles. The molecule has 1 nitrogen and oxygen atoms in total. The minimum Gasteiger partial charge on any atom is -0.384 e. The molecule has 0 amide bonds. The molecular weight excluding hydrogens is 295 g/mol. The molecule has 0 saturated carbocycles. The summed E-state index contributed by atoms with van der Waals surface area (Å²) in [4.78, 5) is 0. The van der Waals surface area contributed by atoms with E-state index in [1.807, 2.05) is 0 Å². The zero-order valence-electron chi connectivity index (χ0n) is 10.3. The summed E-state index contributed by atoms with van der Waals surface area (Å²) in [6, 6.07) is 4.83. The van der Waals surface area contributed by atoms with Crippen LogP contribution in [0, 0.1) is 5.82 Å². The van der Waals surface area contributed by atoms with Gasteiger partial charge in [0, 0.05) is 10.0 Å². The van der Waals surface area contributed by atoms with Gasteiger partial charge in [0.2, 0.25) is 0 Å². The lowest BCUT2D eigenvalue weighted by molar-refractivity contribution is 0.204. The van der Waals surface area contributed by atoms with Crippen molar-refractivity contribution in [3.05, 3.63) is 45.7 Å². The van der Waals surface area contributed by atoms with Crippen molar-refractivity contribution in [1.82, 2.24) is 0 Å². The molecule has 0 fully saturated rings. The van der Waals surface area contributed by atoms with Gasteiger partial charge in [0.15, 0.2) is 0 Å².